The molecule has 0 aliphatic rings. The SMILES string of the molecule is Cc1c(NN)nc(C(C)(C)C)nc1N(C)CC(F)F. The highest BCUT2D eigenvalue weighted by Gasteiger charge is 2.23. The van der Waals surface area contributed by atoms with E-state index < -0.39 is 6.43 Å². The smallest absolute Gasteiger partial charge is 0.255 e. The van der Waals surface area contributed by atoms with E-state index in [1.165, 1.54) is 4.90 Å². The highest BCUT2D eigenvalue weighted by molar-refractivity contribution is 5.58. The molecule has 0 fully saturated rings. The summed E-state index contributed by atoms with van der Waals surface area (Å²) in [7, 11) is 1.58. The average molecular weight is 273 g/mol. The van der Waals surface area contributed by atoms with E-state index in [1.807, 2.05) is 20.8 Å². The van der Waals surface area contributed by atoms with Gasteiger partial charge in [0.1, 0.15) is 17.5 Å². The molecule has 0 saturated heterocycles. The molecular formula is C12H21F2N5. The quantitative estimate of drug-likeness (QED) is 0.649. The Morgan fingerprint density at radius 1 is 1.32 bits per heavy atom. The second-order valence-electron chi connectivity index (χ2n) is 5.51. The largest absolute Gasteiger partial charge is 0.354 e. The Bertz CT molecular complexity index is 442. The lowest BCUT2D eigenvalue weighted by molar-refractivity contribution is 0.156. The van der Waals surface area contributed by atoms with Gasteiger partial charge in [-0.05, 0) is 6.92 Å². The molecule has 0 aromatic carbocycles. The first-order chi connectivity index (χ1) is 8.66. The van der Waals surface area contributed by atoms with Crippen LogP contribution in [0.1, 0.15) is 32.2 Å². The van der Waals surface area contributed by atoms with E-state index in [0.29, 0.717) is 23.0 Å². The van der Waals surface area contributed by atoms with Gasteiger partial charge in [0.15, 0.2) is 0 Å². The Morgan fingerprint density at radius 2 is 1.89 bits per heavy atom. The number of hydrogen-bond acceptors (Lipinski definition) is 5. The molecule has 0 bridgehead atoms. The van der Waals surface area contributed by atoms with Crippen LogP contribution < -0.4 is 16.2 Å². The number of nitrogen functional groups attached to an aromatic ring is 1. The van der Waals surface area contributed by atoms with Crippen LogP contribution >= 0.6 is 0 Å². The number of nitrogens with two attached hydrogens (primary N) is 1. The fourth-order valence-corrected chi connectivity index (χ4v) is 1.65. The number of nitrogens with one attached hydrogen (secondary N) is 1. The summed E-state index contributed by atoms with van der Waals surface area (Å²) < 4.78 is 25.0. The molecule has 1 rings (SSSR count). The zero-order valence-corrected chi connectivity index (χ0v) is 12.0. The summed E-state index contributed by atoms with van der Waals surface area (Å²) >= 11 is 0. The van der Waals surface area contributed by atoms with E-state index in [1.54, 1.807) is 14.0 Å². The Morgan fingerprint density at radius 3 is 2.32 bits per heavy atom. The first kappa shape index (κ1) is 15.6. The van der Waals surface area contributed by atoms with Crippen molar-refractivity contribution in [2.24, 2.45) is 5.84 Å². The van der Waals surface area contributed by atoms with Gasteiger partial charge in [0.25, 0.3) is 6.43 Å². The number of rotatable bonds is 4. The maximum Gasteiger partial charge on any atom is 0.255 e. The van der Waals surface area contributed by atoms with Crippen molar-refractivity contribution in [3.05, 3.63) is 11.4 Å². The number of halogens is 2. The molecule has 0 atom stereocenters. The number of anilines is 2. The molecule has 0 radical (unpaired) electrons. The van der Waals surface area contributed by atoms with Crippen molar-refractivity contribution >= 4 is 11.6 Å². The molecule has 19 heavy (non-hydrogen) atoms. The summed E-state index contributed by atoms with van der Waals surface area (Å²) in [5.41, 5.74) is 2.85. The van der Waals surface area contributed by atoms with Crippen LogP contribution in [0.15, 0.2) is 0 Å². The van der Waals surface area contributed by atoms with Gasteiger partial charge in [0.05, 0.1) is 6.54 Å². The number of alkyl halides is 2. The lowest BCUT2D eigenvalue weighted by atomic mass is 9.95. The van der Waals surface area contributed by atoms with Crippen molar-refractivity contribution in [3.8, 4) is 0 Å². The molecule has 0 aliphatic heterocycles. The van der Waals surface area contributed by atoms with Crippen molar-refractivity contribution in [2.75, 3.05) is 23.9 Å². The van der Waals surface area contributed by atoms with Crippen LogP contribution in [0.3, 0.4) is 0 Å². The molecular weight excluding hydrogens is 252 g/mol. The van der Waals surface area contributed by atoms with Crippen LogP contribution in [0.2, 0.25) is 0 Å². The molecule has 3 N–H and O–H groups in total. The number of aromatic nitrogens is 2. The topological polar surface area (TPSA) is 67.1 Å². The second-order valence-corrected chi connectivity index (χ2v) is 5.51. The van der Waals surface area contributed by atoms with Crippen LogP contribution in [0, 0.1) is 6.92 Å². The molecule has 1 heterocycles. The lowest BCUT2D eigenvalue weighted by Gasteiger charge is -2.25. The third-order valence-corrected chi connectivity index (χ3v) is 2.70. The highest BCUT2D eigenvalue weighted by atomic mass is 19.3. The molecule has 5 nitrogen and oxygen atoms in total. The Balaban J connectivity index is 3.29. The minimum absolute atomic E-state index is 0.292. The minimum Gasteiger partial charge on any atom is -0.354 e. The van der Waals surface area contributed by atoms with Crippen molar-refractivity contribution in [1.29, 1.82) is 0 Å². The highest BCUT2D eigenvalue weighted by Crippen LogP contribution is 2.27. The molecule has 108 valence electrons. The normalized spacial score (nSPS) is 11.8. The van der Waals surface area contributed by atoms with E-state index in [9.17, 15) is 8.78 Å². The first-order valence-electron chi connectivity index (χ1n) is 6.01. The van der Waals surface area contributed by atoms with Crippen LogP contribution in [0.5, 0.6) is 0 Å². The van der Waals surface area contributed by atoms with Gasteiger partial charge in [-0.1, -0.05) is 20.8 Å². The molecule has 1 aromatic rings. The predicted octanol–water partition coefficient (Wildman–Crippen LogP) is 2.07. The fraction of sp³-hybridized carbons (Fsp3) is 0.667. The van der Waals surface area contributed by atoms with Gasteiger partial charge in [-0.3, -0.25) is 0 Å². The number of hydrazine groups is 1. The van der Waals surface area contributed by atoms with Crippen molar-refractivity contribution in [2.45, 2.75) is 39.5 Å². The third kappa shape index (κ3) is 3.73. The average Bonchev–Trinajstić information content (AvgIpc) is 2.26. The number of hydrogen-bond donors (Lipinski definition) is 2. The van der Waals surface area contributed by atoms with Crippen LogP contribution in [-0.4, -0.2) is 30.0 Å². The summed E-state index contributed by atoms with van der Waals surface area (Å²) in [5.74, 6) is 6.90. The molecule has 0 aliphatic carbocycles. The summed E-state index contributed by atoms with van der Waals surface area (Å²) in [6.45, 7) is 7.23. The van der Waals surface area contributed by atoms with Crippen LogP contribution in [0.4, 0.5) is 20.4 Å². The third-order valence-electron chi connectivity index (χ3n) is 2.70. The Hall–Kier alpha value is -1.50. The maximum absolute atomic E-state index is 12.5. The van der Waals surface area contributed by atoms with Gasteiger partial charge < -0.3 is 10.3 Å². The van der Waals surface area contributed by atoms with E-state index in [0.717, 1.165) is 0 Å². The second kappa shape index (κ2) is 5.64. The zero-order chi connectivity index (χ0) is 14.8. The van der Waals surface area contributed by atoms with Crippen LogP contribution in [-0.2, 0) is 5.41 Å². The van der Waals surface area contributed by atoms with Crippen molar-refractivity contribution in [3.63, 3.8) is 0 Å². The number of nitrogens with zero attached hydrogens (tertiary/aromatic N) is 3. The van der Waals surface area contributed by atoms with Gasteiger partial charge in [-0.2, -0.15) is 0 Å². The minimum atomic E-state index is -2.42. The van der Waals surface area contributed by atoms with E-state index in [4.69, 9.17) is 5.84 Å². The van der Waals surface area contributed by atoms with E-state index >= 15 is 0 Å². The Kier molecular flexibility index (Phi) is 4.62. The van der Waals surface area contributed by atoms with Crippen molar-refractivity contribution in [1.82, 2.24) is 9.97 Å². The predicted molar refractivity (Wildman–Crippen MR) is 72.6 cm³/mol. The van der Waals surface area contributed by atoms with Gasteiger partial charge in [0.2, 0.25) is 0 Å². The fourth-order valence-electron chi connectivity index (χ4n) is 1.65. The molecule has 0 amide bonds. The summed E-state index contributed by atoms with van der Waals surface area (Å²) in [4.78, 5) is 10.1. The molecule has 7 heteroatoms. The standard InChI is InChI=1S/C12H21F2N5/c1-7-9(18-15)16-11(12(2,3)4)17-10(7)19(5)6-8(13)14/h8H,6,15H2,1-5H3,(H,16,17,18). The van der Waals surface area contributed by atoms with Crippen molar-refractivity contribution < 1.29 is 8.78 Å². The molecule has 1 aromatic heterocycles. The van der Waals surface area contributed by atoms with E-state index in [-0.39, 0.29) is 12.0 Å². The summed E-state index contributed by atoms with van der Waals surface area (Å²) in [6.07, 6.45) is -2.42. The van der Waals surface area contributed by atoms with Crippen LogP contribution in [0.25, 0.3) is 0 Å². The van der Waals surface area contributed by atoms with Gasteiger partial charge in [-0.15, -0.1) is 0 Å². The first-order valence-corrected chi connectivity index (χ1v) is 6.01. The maximum atomic E-state index is 12.5. The molecule has 0 saturated carbocycles. The lowest BCUT2D eigenvalue weighted by Crippen LogP contribution is -2.29. The summed E-state index contributed by atoms with van der Waals surface area (Å²) in [6, 6.07) is 0. The van der Waals surface area contributed by atoms with Gasteiger partial charge >= 0.3 is 0 Å². The monoisotopic (exact) mass is 273 g/mol. The van der Waals surface area contributed by atoms with E-state index in [2.05, 4.69) is 15.4 Å². The Labute approximate surface area is 112 Å². The molecule has 0 spiro atoms. The van der Waals surface area contributed by atoms with Gasteiger partial charge in [0, 0.05) is 18.0 Å². The zero-order valence-electron chi connectivity index (χ0n) is 12.0. The van der Waals surface area contributed by atoms with Gasteiger partial charge in [-0.25, -0.2) is 24.6 Å². The summed E-state index contributed by atoms with van der Waals surface area (Å²) in [5, 5.41) is 0. The molecule has 0 unspecified atom stereocenters.